The number of hydrogen-bond donors (Lipinski definition) is 1. The number of hydrogen-bond acceptors (Lipinski definition) is 5. The fourth-order valence-electron chi connectivity index (χ4n) is 2.93. The lowest BCUT2D eigenvalue weighted by atomic mass is 10.1. The maximum Gasteiger partial charge on any atom is 0.161 e. The zero-order chi connectivity index (χ0) is 13.9. The quantitative estimate of drug-likeness (QED) is 0.867. The summed E-state index contributed by atoms with van der Waals surface area (Å²) in [7, 11) is 2.15. The molecule has 0 aromatic heterocycles. The average molecular weight is 277 g/mol. The molecule has 2 heterocycles. The number of nitrogens with zero attached hydrogens (tertiary/aromatic N) is 2. The molecular weight excluding hydrogens is 254 g/mol. The highest BCUT2D eigenvalue weighted by Gasteiger charge is 2.29. The summed E-state index contributed by atoms with van der Waals surface area (Å²) in [6.07, 6.45) is 0.0855. The van der Waals surface area contributed by atoms with Gasteiger partial charge in [0.15, 0.2) is 11.5 Å². The van der Waals surface area contributed by atoms with Gasteiger partial charge in [-0.15, -0.1) is 0 Å². The number of fused-ring (bicyclic) bond motifs is 1. The predicted molar refractivity (Wildman–Crippen MR) is 78.3 cm³/mol. The Kier molecular flexibility index (Phi) is 4.10. The third-order valence-corrected chi connectivity index (χ3v) is 4.09. The van der Waals surface area contributed by atoms with Gasteiger partial charge in [-0.2, -0.15) is 0 Å². The molecule has 0 radical (unpaired) electrons. The van der Waals surface area contributed by atoms with Crippen LogP contribution < -0.4 is 15.2 Å². The van der Waals surface area contributed by atoms with Crippen LogP contribution >= 0.6 is 0 Å². The molecule has 0 spiro atoms. The van der Waals surface area contributed by atoms with Crippen LogP contribution in [-0.2, 0) is 0 Å². The van der Waals surface area contributed by atoms with Crippen molar-refractivity contribution in [3.63, 3.8) is 0 Å². The topological polar surface area (TPSA) is 51.0 Å². The zero-order valence-electron chi connectivity index (χ0n) is 12.0. The summed E-state index contributed by atoms with van der Waals surface area (Å²) >= 11 is 0. The van der Waals surface area contributed by atoms with Crippen molar-refractivity contribution >= 4 is 0 Å². The van der Waals surface area contributed by atoms with Crippen LogP contribution in [0.4, 0.5) is 0 Å². The van der Waals surface area contributed by atoms with Gasteiger partial charge in [-0.25, -0.2) is 0 Å². The molecule has 110 valence electrons. The lowest BCUT2D eigenvalue weighted by molar-refractivity contribution is 0.0213. The van der Waals surface area contributed by atoms with Crippen molar-refractivity contribution in [3.8, 4) is 11.5 Å². The minimum atomic E-state index is 0.0855. The van der Waals surface area contributed by atoms with Crippen molar-refractivity contribution < 1.29 is 9.47 Å². The van der Waals surface area contributed by atoms with Gasteiger partial charge in [-0.05, 0) is 19.2 Å². The van der Waals surface area contributed by atoms with Crippen LogP contribution in [0.5, 0.6) is 11.5 Å². The second-order valence-corrected chi connectivity index (χ2v) is 5.64. The molecule has 2 aliphatic heterocycles. The molecule has 1 fully saturated rings. The van der Waals surface area contributed by atoms with E-state index in [1.165, 1.54) is 0 Å². The van der Waals surface area contributed by atoms with Crippen molar-refractivity contribution in [2.75, 3.05) is 46.4 Å². The Morgan fingerprint density at radius 3 is 2.85 bits per heavy atom. The number of ether oxygens (including phenoxy) is 2. The Morgan fingerprint density at radius 2 is 2.05 bits per heavy atom. The molecule has 0 aliphatic carbocycles. The molecule has 1 aromatic carbocycles. The standard InChI is InChI=1S/C15H23N3O2/c1-17-6-7-18(12(8-16)9-17)10-13-11-19-14-4-2-3-5-15(14)20-13/h2-5,12-13H,6-11,16H2,1H3. The minimum Gasteiger partial charge on any atom is -0.486 e. The number of likely N-dealkylation sites (N-methyl/N-ethyl adjacent to an activating group) is 1. The second-order valence-electron chi connectivity index (χ2n) is 5.64. The van der Waals surface area contributed by atoms with E-state index in [0.29, 0.717) is 19.2 Å². The second kappa shape index (κ2) is 5.99. The van der Waals surface area contributed by atoms with E-state index in [9.17, 15) is 0 Å². The highest BCUT2D eigenvalue weighted by atomic mass is 16.6. The van der Waals surface area contributed by atoms with E-state index in [0.717, 1.165) is 37.7 Å². The predicted octanol–water partition coefficient (Wildman–Crippen LogP) is 0.401. The molecule has 1 saturated heterocycles. The Labute approximate surface area is 120 Å². The first-order valence-corrected chi connectivity index (χ1v) is 7.27. The smallest absolute Gasteiger partial charge is 0.161 e. The summed E-state index contributed by atoms with van der Waals surface area (Å²) in [6, 6.07) is 8.27. The van der Waals surface area contributed by atoms with Gasteiger partial charge in [-0.3, -0.25) is 4.90 Å². The first-order valence-electron chi connectivity index (χ1n) is 7.27. The van der Waals surface area contributed by atoms with Crippen molar-refractivity contribution in [2.45, 2.75) is 12.1 Å². The molecule has 2 unspecified atom stereocenters. The molecule has 20 heavy (non-hydrogen) atoms. The third kappa shape index (κ3) is 2.90. The molecular formula is C15H23N3O2. The molecule has 5 nitrogen and oxygen atoms in total. The Morgan fingerprint density at radius 1 is 1.25 bits per heavy atom. The summed E-state index contributed by atoms with van der Waals surface area (Å²) < 4.78 is 11.8. The van der Waals surface area contributed by atoms with Crippen LogP contribution in [0.1, 0.15) is 0 Å². The van der Waals surface area contributed by atoms with E-state index in [4.69, 9.17) is 15.2 Å². The molecule has 5 heteroatoms. The Bertz CT molecular complexity index is 454. The van der Waals surface area contributed by atoms with Crippen LogP contribution in [0.25, 0.3) is 0 Å². The van der Waals surface area contributed by atoms with Crippen molar-refractivity contribution in [1.82, 2.24) is 9.80 Å². The van der Waals surface area contributed by atoms with Gasteiger partial charge < -0.3 is 20.1 Å². The van der Waals surface area contributed by atoms with Crippen molar-refractivity contribution in [1.29, 1.82) is 0 Å². The van der Waals surface area contributed by atoms with Gasteiger partial charge in [0.2, 0.25) is 0 Å². The molecule has 0 saturated carbocycles. The molecule has 3 rings (SSSR count). The third-order valence-electron chi connectivity index (χ3n) is 4.09. The highest BCUT2D eigenvalue weighted by Crippen LogP contribution is 2.31. The molecule has 1 aromatic rings. The van der Waals surface area contributed by atoms with E-state index in [1.54, 1.807) is 0 Å². The van der Waals surface area contributed by atoms with Gasteiger partial charge in [0.1, 0.15) is 12.7 Å². The fourth-order valence-corrected chi connectivity index (χ4v) is 2.93. The van der Waals surface area contributed by atoms with E-state index in [2.05, 4.69) is 16.8 Å². The first kappa shape index (κ1) is 13.7. The van der Waals surface area contributed by atoms with Crippen LogP contribution in [0.2, 0.25) is 0 Å². The maximum absolute atomic E-state index is 6.03. The van der Waals surface area contributed by atoms with Crippen LogP contribution in [-0.4, -0.2) is 68.3 Å². The SMILES string of the molecule is CN1CCN(CC2COc3ccccc3O2)C(CN)C1. The summed E-state index contributed by atoms with van der Waals surface area (Å²) in [4.78, 5) is 4.77. The van der Waals surface area contributed by atoms with Gasteiger partial charge in [0.05, 0.1) is 0 Å². The number of nitrogens with two attached hydrogens (primary N) is 1. The van der Waals surface area contributed by atoms with Crippen molar-refractivity contribution in [3.05, 3.63) is 24.3 Å². The molecule has 0 bridgehead atoms. The maximum atomic E-state index is 6.03. The van der Waals surface area contributed by atoms with Gasteiger partial charge >= 0.3 is 0 Å². The molecule has 2 N–H and O–H groups in total. The summed E-state index contributed by atoms with van der Waals surface area (Å²) in [5.41, 5.74) is 5.90. The lowest BCUT2D eigenvalue weighted by Gasteiger charge is -2.41. The van der Waals surface area contributed by atoms with Crippen LogP contribution in [0.15, 0.2) is 24.3 Å². The Balaban J connectivity index is 1.61. The number of para-hydroxylation sites is 2. The van der Waals surface area contributed by atoms with Crippen LogP contribution in [0.3, 0.4) is 0 Å². The van der Waals surface area contributed by atoms with E-state index in [1.807, 2.05) is 24.3 Å². The lowest BCUT2D eigenvalue weighted by Crippen LogP contribution is -2.57. The van der Waals surface area contributed by atoms with E-state index < -0.39 is 0 Å². The van der Waals surface area contributed by atoms with Gasteiger partial charge in [-0.1, -0.05) is 12.1 Å². The van der Waals surface area contributed by atoms with E-state index >= 15 is 0 Å². The van der Waals surface area contributed by atoms with Crippen molar-refractivity contribution in [2.24, 2.45) is 5.73 Å². The number of rotatable bonds is 3. The van der Waals surface area contributed by atoms with Gasteiger partial charge in [0, 0.05) is 38.8 Å². The van der Waals surface area contributed by atoms with Gasteiger partial charge in [0.25, 0.3) is 0 Å². The molecule has 2 atom stereocenters. The first-order chi connectivity index (χ1) is 9.76. The largest absolute Gasteiger partial charge is 0.486 e. The summed E-state index contributed by atoms with van der Waals surface area (Å²) in [5, 5.41) is 0. The monoisotopic (exact) mass is 277 g/mol. The number of benzene rings is 1. The Hall–Kier alpha value is -1.30. The van der Waals surface area contributed by atoms with Crippen LogP contribution in [0, 0.1) is 0 Å². The normalized spacial score (nSPS) is 27.5. The van der Waals surface area contributed by atoms with E-state index in [-0.39, 0.29) is 6.10 Å². The average Bonchev–Trinajstić information content (AvgIpc) is 2.49. The molecule has 2 aliphatic rings. The summed E-state index contributed by atoms with van der Waals surface area (Å²) in [6.45, 7) is 5.33. The summed E-state index contributed by atoms with van der Waals surface area (Å²) in [5.74, 6) is 1.69. The fraction of sp³-hybridized carbons (Fsp3) is 0.600. The minimum absolute atomic E-state index is 0.0855. The molecule has 0 amide bonds. The zero-order valence-corrected chi connectivity index (χ0v) is 12.0. The highest BCUT2D eigenvalue weighted by molar-refractivity contribution is 5.40. The number of piperazine rings is 1.